The van der Waals surface area contributed by atoms with Crippen molar-refractivity contribution in [2.24, 2.45) is 17.6 Å². The number of hydrogen-bond acceptors (Lipinski definition) is 2. The van der Waals surface area contributed by atoms with Crippen molar-refractivity contribution in [1.29, 1.82) is 0 Å². The minimum Gasteiger partial charge on any atom is -0.456 e. The number of aryl methyl sites for hydroxylation is 1. The fourth-order valence-corrected chi connectivity index (χ4v) is 3.88. The molecule has 0 saturated carbocycles. The quantitative estimate of drug-likeness (QED) is 0.486. The van der Waals surface area contributed by atoms with E-state index in [9.17, 15) is 0 Å². The Bertz CT molecular complexity index is 803. The van der Waals surface area contributed by atoms with E-state index in [0.29, 0.717) is 11.8 Å². The van der Waals surface area contributed by atoms with Crippen LogP contribution in [0.1, 0.15) is 76.3 Å². The number of ether oxygens (including phenoxy) is 1. The van der Waals surface area contributed by atoms with Crippen molar-refractivity contribution in [2.45, 2.75) is 80.2 Å². The van der Waals surface area contributed by atoms with E-state index < -0.39 is 5.54 Å². The van der Waals surface area contributed by atoms with Gasteiger partial charge in [-0.25, -0.2) is 0 Å². The van der Waals surface area contributed by atoms with Gasteiger partial charge in [0.25, 0.3) is 0 Å². The Kier molecular flexibility index (Phi) is 9.24. The summed E-state index contributed by atoms with van der Waals surface area (Å²) in [6.45, 7) is 17.6. The van der Waals surface area contributed by atoms with Crippen molar-refractivity contribution in [3.05, 3.63) is 58.1 Å². The first kappa shape index (κ1) is 25.5. The third-order valence-corrected chi connectivity index (χ3v) is 5.17. The molecule has 0 unspecified atom stereocenters. The monoisotopic (exact) mass is 417 g/mol. The first-order valence-electron chi connectivity index (χ1n) is 10.7. The number of para-hydroxylation sites is 1. The van der Waals surface area contributed by atoms with E-state index in [1.165, 1.54) is 22.3 Å². The van der Waals surface area contributed by atoms with Crippen LogP contribution in [0, 0.1) is 18.8 Å². The Morgan fingerprint density at radius 3 is 2.03 bits per heavy atom. The van der Waals surface area contributed by atoms with Gasteiger partial charge < -0.3 is 10.5 Å². The SMILES string of the molecule is CCc1c(C(C)(C)N)cc(CC(C)C)c(CC(C)C)c1Oc1ccccc1C.Cl. The molecule has 0 heterocycles. The molecule has 0 saturated heterocycles. The third-order valence-electron chi connectivity index (χ3n) is 5.17. The van der Waals surface area contributed by atoms with Crippen LogP contribution in [0.5, 0.6) is 11.5 Å². The first-order valence-corrected chi connectivity index (χ1v) is 10.7. The third kappa shape index (κ3) is 6.49. The van der Waals surface area contributed by atoms with Crippen LogP contribution in [0.3, 0.4) is 0 Å². The molecule has 2 N–H and O–H groups in total. The van der Waals surface area contributed by atoms with E-state index in [-0.39, 0.29) is 12.4 Å². The summed E-state index contributed by atoms with van der Waals surface area (Å²) < 4.78 is 6.67. The molecule has 0 aliphatic carbocycles. The molecule has 0 amide bonds. The molecule has 162 valence electrons. The zero-order valence-electron chi connectivity index (χ0n) is 19.6. The van der Waals surface area contributed by atoms with E-state index >= 15 is 0 Å². The number of hydrogen-bond donors (Lipinski definition) is 1. The molecule has 0 aromatic heterocycles. The van der Waals surface area contributed by atoms with Crippen molar-refractivity contribution in [1.82, 2.24) is 0 Å². The molecule has 2 rings (SSSR count). The standard InChI is InChI=1S/C26H39NO.ClH/c1-9-21-23(26(7,8)27)16-20(14-17(2)3)22(15-18(4)5)25(21)28-24-13-11-10-12-19(24)6;/h10-13,16-18H,9,14-15,27H2,1-8H3;1H. The maximum absolute atomic E-state index is 6.67. The number of benzene rings is 2. The number of nitrogens with two attached hydrogens (primary N) is 1. The van der Waals surface area contributed by atoms with Crippen LogP contribution in [0.15, 0.2) is 30.3 Å². The highest BCUT2D eigenvalue weighted by Crippen LogP contribution is 2.40. The normalized spacial score (nSPS) is 11.7. The summed E-state index contributed by atoms with van der Waals surface area (Å²) in [4.78, 5) is 0. The molecule has 29 heavy (non-hydrogen) atoms. The van der Waals surface area contributed by atoms with Gasteiger partial charge in [0.2, 0.25) is 0 Å². The molecular formula is C26H40ClNO. The van der Waals surface area contributed by atoms with Crippen molar-refractivity contribution in [3.63, 3.8) is 0 Å². The van der Waals surface area contributed by atoms with Crippen LogP contribution in [0.4, 0.5) is 0 Å². The molecule has 2 aromatic rings. The molecular weight excluding hydrogens is 378 g/mol. The number of rotatable bonds is 8. The van der Waals surface area contributed by atoms with Crippen LogP contribution in [-0.4, -0.2) is 0 Å². The zero-order chi connectivity index (χ0) is 21.1. The Labute approximate surface area is 184 Å². The van der Waals surface area contributed by atoms with Gasteiger partial charge >= 0.3 is 0 Å². The van der Waals surface area contributed by atoms with Crippen molar-refractivity contribution >= 4 is 12.4 Å². The average molecular weight is 418 g/mol. The molecule has 2 aromatic carbocycles. The highest BCUT2D eigenvalue weighted by molar-refractivity contribution is 5.85. The lowest BCUT2D eigenvalue weighted by Gasteiger charge is -2.29. The second-order valence-electron chi connectivity index (χ2n) is 9.51. The van der Waals surface area contributed by atoms with Gasteiger partial charge in [-0.15, -0.1) is 12.4 Å². The minimum atomic E-state index is -0.405. The molecule has 0 aliphatic heterocycles. The van der Waals surface area contributed by atoms with Gasteiger partial charge in [-0.05, 0) is 85.8 Å². The van der Waals surface area contributed by atoms with Gasteiger partial charge in [0.15, 0.2) is 0 Å². The summed E-state index contributed by atoms with van der Waals surface area (Å²) in [5.74, 6) is 3.12. The largest absolute Gasteiger partial charge is 0.456 e. The molecule has 0 aliphatic rings. The van der Waals surface area contributed by atoms with Gasteiger partial charge in [0, 0.05) is 5.54 Å². The van der Waals surface area contributed by atoms with E-state index in [1.54, 1.807) is 0 Å². The lowest BCUT2D eigenvalue weighted by atomic mass is 9.82. The van der Waals surface area contributed by atoms with E-state index in [4.69, 9.17) is 10.5 Å². The minimum absolute atomic E-state index is 0. The fraction of sp³-hybridized carbons (Fsp3) is 0.538. The maximum Gasteiger partial charge on any atom is 0.134 e. The Hall–Kier alpha value is -1.51. The highest BCUT2D eigenvalue weighted by Gasteiger charge is 2.26. The molecule has 0 fully saturated rings. The van der Waals surface area contributed by atoms with Crippen LogP contribution in [0.2, 0.25) is 0 Å². The lowest BCUT2D eigenvalue weighted by Crippen LogP contribution is -2.31. The van der Waals surface area contributed by atoms with Crippen molar-refractivity contribution in [2.75, 3.05) is 0 Å². The molecule has 0 atom stereocenters. The molecule has 0 radical (unpaired) electrons. The summed E-state index contributed by atoms with van der Waals surface area (Å²) in [6, 6.07) is 10.6. The smallest absolute Gasteiger partial charge is 0.134 e. The zero-order valence-corrected chi connectivity index (χ0v) is 20.4. The summed E-state index contributed by atoms with van der Waals surface area (Å²) in [5, 5.41) is 0. The van der Waals surface area contributed by atoms with E-state index in [2.05, 4.69) is 79.7 Å². The van der Waals surface area contributed by atoms with Crippen LogP contribution in [-0.2, 0) is 24.8 Å². The van der Waals surface area contributed by atoms with Gasteiger partial charge in [-0.3, -0.25) is 0 Å². The predicted octanol–water partition coefficient (Wildman–Crippen LogP) is 7.36. The Morgan fingerprint density at radius 1 is 0.966 bits per heavy atom. The van der Waals surface area contributed by atoms with Gasteiger partial charge in [-0.1, -0.05) is 58.9 Å². The number of halogens is 1. The van der Waals surface area contributed by atoms with E-state index in [1.807, 2.05) is 6.07 Å². The first-order chi connectivity index (χ1) is 13.0. The Morgan fingerprint density at radius 2 is 1.55 bits per heavy atom. The Balaban J connectivity index is 0.00000420. The van der Waals surface area contributed by atoms with Crippen LogP contribution < -0.4 is 10.5 Å². The predicted molar refractivity (Wildman–Crippen MR) is 129 cm³/mol. The summed E-state index contributed by atoms with van der Waals surface area (Å²) in [6.07, 6.45) is 2.96. The average Bonchev–Trinajstić information content (AvgIpc) is 2.57. The molecule has 2 nitrogen and oxygen atoms in total. The molecule has 0 spiro atoms. The summed E-state index contributed by atoms with van der Waals surface area (Å²) in [7, 11) is 0. The van der Waals surface area contributed by atoms with Gasteiger partial charge in [-0.2, -0.15) is 0 Å². The summed E-state index contributed by atoms with van der Waals surface area (Å²) in [5.41, 5.74) is 12.6. The van der Waals surface area contributed by atoms with Crippen molar-refractivity contribution in [3.8, 4) is 11.5 Å². The fourth-order valence-electron chi connectivity index (χ4n) is 3.88. The van der Waals surface area contributed by atoms with Crippen LogP contribution >= 0.6 is 12.4 Å². The van der Waals surface area contributed by atoms with Gasteiger partial charge in [0.05, 0.1) is 0 Å². The topological polar surface area (TPSA) is 35.2 Å². The summed E-state index contributed by atoms with van der Waals surface area (Å²) >= 11 is 0. The van der Waals surface area contributed by atoms with Crippen LogP contribution in [0.25, 0.3) is 0 Å². The van der Waals surface area contributed by atoms with Gasteiger partial charge in [0.1, 0.15) is 11.5 Å². The lowest BCUT2D eigenvalue weighted by molar-refractivity contribution is 0.451. The van der Waals surface area contributed by atoms with E-state index in [0.717, 1.165) is 36.3 Å². The maximum atomic E-state index is 6.67. The molecule has 0 bridgehead atoms. The second-order valence-corrected chi connectivity index (χ2v) is 9.51. The van der Waals surface area contributed by atoms with Crippen molar-refractivity contribution < 1.29 is 4.74 Å². The molecule has 3 heteroatoms. The second kappa shape index (κ2) is 10.5. The highest BCUT2D eigenvalue weighted by atomic mass is 35.5.